The number of ketones is 1. The number of β-amino-alcohol motifs (C(OH)–C–C–N with tert-alkyl or cyclic N) is 1. The van der Waals surface area contributed by atoms with Crippen LogP contribution < -0.4 is 4.90 Å². The van der Waals surface area contributed by atoms with Crippen LogP contribution in [0.1, 0.15) is 15.9 Å². The van der Waals surface area contributed by atoms with Gasteiger partial charge < -0.3 is 10.0 Å². The number of carbonyl (C=O) groups is 1. The number of fused-ring (bicyclic) bond motifs is 3. The Balaban J connectivity index is 1.43. The smallest absolute Gasteiger partial charge is 0.389 e. The van der Waals surface area contributed by atoms with Gasteiger partial charge in [-0.25, -0.2) is 9.97 Å². The lowest BCUT2D eigenvalue weighted by Crippen LogP contribution is -2.64. The molecule has 0 saturated carbocycles. The first kappa shape index (κ1) is 22.2. The lowest BCUT2D eigenvalue weighted by atomic mass is 9.90. The molecule has 2 unspecified atom stereocenters. The van der Waals surface area contributed by atoms with E-state index in [-0.39, 0.29) is 12.3 Å². The zero-order chi connectivity index (χ0) is 25.2. The molecule has 1 fully saturated rings. The number of Topliss-reactive ketones (excluding diaryl/α,β-unsaturated/α-hetero) is 1. The molecule has 2 atom stereocenters. The molecule has 4 heterocycles. The van der Waals surface area contributed by atoms with Crippen molar-refractivity contribution in [1.29, 1.82) is 0 Å². The van der Waals surface area contributed by atoms with Gasteiger partial charge in [0, 0.05) is 48.0 Å². The molecule has 182 valence electrons. The summed E-state index contributed by atoms with van der Waals surface area (Å²) in [5, 5.41) is 16.4. The van der Waals surface area contributed by atoms with Gasteiger partial charge in [0.25, 0.3) is 0 Å². The highest BCUT2D eigenvalue weighted by molar-refractivity contribution is 6.12. The molecule has 1 aliphatic heterocycles. The number of alkyl halides is 3. The molecule has 0 bridgehead atoms. The van der Waals surface area contributed by atoms with Crippen LogP contribution in [0.5, 0.6) is 0 Å². The number of carbonyl (C=O) groups excluding carboxylic acids is 1. The second-order valence-electron chi connectivity index (χ2n) is 8.75. The Labute approximate surface area is 202 Å². The molecule has 8 nitrogen and oxygen atoms in total. The van der Waals surface area contributed by atoms with Crippen LogP contribution in [0.4, 0.5) is 19.0 Å². The minimum absolute atomic E-state index is 0.256. The van der Waals surface area contributed by atoms with Gasteiger partial charge in [-0.05, 0) is 48.5 Å². The van der Waals surface area contributed by atoms with Gasteiger partial charge in [0.2, 0.25) is 0 Å². The number of hydrogen-bond donors (Lipinski definition) is 1. The minimum Gasteiger partial charge on any atom is -0.389 e. The lowest BCUT2D eigenvalue weighted by molar-refractivity contribution is -0.137. The number of anilines is 1. The highest BCUT2D eigenvalue weighted by Crippen LogP contribution is 2.35. The summed E-state index contributed by atoms with van der Waals surface area (Å²) in [6.45, 7) is 0.285. The third-order valence-electron chi connectivity index (χ3n) is 6.50. The molecule has 1 saturated heterocycles. The van der Waals surface area contributed by atoms with E-state index in [2.05, 4.69) is 15.1 Å². The van der Waals surface area contributed by atoms with E-state index in [0.717, 1.165) is 22.9 Å². The second-order valence-corrected chi connectivity index (χ2v) is 8.75. The molecule has 0 spiro atoms. The average Bonchev–Trinajstić information content (AvgIpc) is 3.36. The topological polar surface area (TPSA) is 89.1 Å². The fraction of sp³-hybridized carbons (Fsp3) is 0.200. The Morgan fingerprint density at radius 2 is 1.86 bits per heavy atom. The molecular weight excluding hydrogens is 473 g/mol. The zero-order valence-electron chi connectivity index (χ0n) is 18.9. The SMILES string of the molecule is Cn1cc2c3cc(C(=O)C4C(O)CN4c4ccncn4)ccc3n(-c3ccc(C(F)(F)F)cc3)c2n1. The van der Waals surface area contributed by atoms with Crippen LogP contribution in [-0.4, -0.2) is 53.9 Å². The molecule has 0 amide bonds. The molecule has 11 heteroatoms. The van der Waals surface area contributed by atoms with E-state index in [1.807, 2.05) is 0 Å². The Hall–Kier alpha value is -4.25. The van der Waals surface area contributed by atoms with Gasteiger partial charge in [-0.1, -0.05) is 0 Å². The fourth-order valence-corrected chi connectivity index (χ4v) is 4.77. The van der Waals surface area contributed by atoms with E-state index in [0.29, 0.717) is 28.2 Å². The lowest BCUT2D eigenvalue weighted by Gasteiger charge is -2.44. The van der Waals surface area contributed by atoms with Crippen LogP contribution in [0.3, 0.4) is 0 Å². The summed E-state index contributed by atoms with van der Waals surface area (Å²) in [5.74, 6) is 0.298. The molecule has 2 aromatic carbocycles. The van der Waals surface area contributed by atoms with Crippen LogP contribution in [0.2, 0.25) is 0 Å². The van der Waals surface area contributed by atoms with Gasteiger partial charge in [0.15, 0.2) is 11.4 Å². The second kappa shape index (κ2) is 7.89. The normalized spacial score (nSPS) is 18.1. The number of rotatable bonds is 4. The first-order chi connectivity index (χ1) is 17.2. The molecular formula is C25H19F3N6O2. The number of aromatic nitrogens is 5. The zero-order valence-corrected chi connectivity index (χ0v) is 18.9. The summed E-state index contributed by atoms with van der Waals surface area (Å²) < 4.78 is 42.6. The highest BCUT2D eigenvalue weighted by Gasteiger charge is 2.44. The van der Waals surface area contributed by atoms with Crippen LogP contribution >= 0.6 is 0 Å². The van der Waals surface area contributed by atoms with Crippen LogP contribution in [0.25, 0.3) is 27.6 Å². The summed E-state index contributed by atoms with van der Waals surface area (Å²) in [6.07, 6.45) is -0.505. The number of aliphatic hydroxyl groups is 1. The molecule has 6 rings (SSSR count). The average molecular weight is 492 g/mol. The summed E-state index contributed by atoms with van der Waals surface area (Å²) in [6, 6.07) is 10.9. The maximum atomic E-state index is 13.4. The van der Waals surface area contributed by atoms with Crippen molar-refractivity contribution in [3.63, 3.8) is 0 Å². The van der Waals surface area contributed by atoms with E-state index in [1.54, 1.807) is 57.9 Å². The Bertz CT molecular complexity index is 1610. The first-order valence-corrected chi connectivity index (χ1v) is 11.1. The third kappa shape index (κ3) is 3.42. The minimum atomic E-state index is -4.43. The molecule has 36 heavy (non-hydrogen) atoms. The number of benzene rings is 2. The predicted molar refractivity (Wildman–Crippen MR) is 126 cm³/mol. The van der Waals surface area contributed by atoms with E-state index >= 15 is 0 Å². The van der Waals surface area contributed by atoms with Gasteiger partial charge in [0.05, 0.1) is 17.2 Å². The van der Waals surface area contributed by atoms with Crippen molar-refractivity contribution in [2.75, 3.05) is 11.4 Å². The van der Waals surface area contributed by atoms with Crippen molar-refractivity contribution >= 4 is 33.5 Å². The summed E-state index contributed by atoms with van der Waals surface area (Å²) in [4.78, 5) is 23.2. The van der Waals surface area contributed by atoms with Gasteiger partial charge in [-0.3, -0.25) is 14.0 Å². The Morgan fingerprint density at radius 3 is 2.53 bits per heavy atom. The molecule has 1 aliphatic rings. The van der Waals surface area contributed by atoms with Crippen molar-refractivity contribution in [1.82, 2.24) is 24.3 Å². The highest BCUT2D eigenvalue weighted by atomic mass is 19.4. The molecule has 3 aromatic heterocycles. The summed E-state index contributed by atoms with van der Waals surface area (Å²) >= 11 is 0. The Kier molecular flexibility index (Phi) is 4.87. The molecule has 1 N–H and O–H groups in total. The number of aliphatic hydroxyl groups excluding tert-OH is 1. The molecule has 0 aliphatic carbocycles. The van der Waals surface area contributed by atoms with E-state index in [4.69, 9.17) is 0 Å². The molecule has 5 aromatic rings. The van der Waals surface area contributed by atoms with Crippen molar-refractivity contribution in [2.45, 2.75) is 18.3 Å². The van der Waals surface area contributed by atoms with Gasteiger partial charge >= 0.3 is 6.18 Å². The van der Waals surface area contributed by atoms with Gasteiger partial charge in [-0.15, -0.1) is 0 Å². The van der Waals surface area contributed by atoms with Crippen molar-refractivity contribution in [2.24, 2.45) is 7.05 Å². The van der Waals surface area contributed by atoms with Crippen LogP contribution in [0.15, 0.2) is 67.3 Å². The standard InChI is InChI=1S/C25H19F3N6O2/c1-32-11-18-17-10-14(23(36)22-20(35)12-33(22)21-8-9-29-13-30-21)2-7-19(17)34(24(18)31-32)16-5-3-15(4-6-16)25(26,27)28/h2-11,13,20,22,35H,12H2,1H3. The maximum absolute atomic E-state index is 13.4. The van der Waals surface area contributed by atoms with Gasteiger partial charge in [0.1, 0.15) is 18.2 Å². The summed E-state index contributed by atoms with van der Waals surface area (Å²) in [5.41, 5.74) is 1.44. The van der Waals surface area contributed by atoms with Crippen molar-refractivity contribution in [3.8, 4) is 5.69 Å². The van der Waals surface area contributed by atoms with E-state index in [1.165, 1.54) is 18.5 Å². The summed E-state index contributed by atoms with van der Waals surface area (Å²) in [7, 11) is 1.75. The van der Waals surface area contributed by atoms with Crippen molar-refractivity contribution in [3.05, 3.63) is 78.4 Å². The van der Waals surface area contributed by atoms with Gasteiger partial charge in [-0.2, -0.15) is 18.3 Å². The van der Waals surface area contributed by atoms with E-state index < -0.39 is 23.9 Å². The predicted octanol–water partition coefficient (Wildman–Crippen LogP) is 3.76. The largest absolute Gasteiger partial charge is 0.416 e. The number of hydrogen-bond acceptors (Lipinski definition) is 6. The monoisotopic (exact) mass is 492 g/mol. The number of nitrogens with zero attached hydrogens (tertiary/aromatic N) is 6. The fourth-order valence-electron chi connectivity index (χ4n) is 4.77. The third-order valence-corrected chi connectivity index (χ3v) is 6.50. The first-order valence-electron chi connectivity index (χ1n) is 11.1. The van der Waals surface area contributed by atoms with Crippen LogP contribution in [0, 0.1) is 0 Å². The Morgan fingerprint density at radius 1 is 1.08 bits per heavy atom. The maximum Gasteiger partial charge on any atom is 0.416 e. The van der Waals surface area contributed by atoms with E-state index in [9.17, 15) is 23.1 Å². The van der Waals surface area contributed by atoms with Crippen molar-refractivity contribution < 1.29 is 23.1 Å². The molecule has 0 radical (unpaired) electrons. The van der Waals surface area contributed by atoms with Crippen LogP contribution in [-0.2, 0) is 13.2 Å². The quantitative estimate of drug-likeness (QED) is 0.385. The number of halogens is 3. The number of aryl methyl sites for hydroxylation is 1.